The molecule has 0 radical (unpaired) electrons. The van der Waals surface area contributed by atoms with Gasteiger partial charge in [0, 0.05) is 32.4 Å². The molecule has 1 heterocycles. The van der Waals surface area contributed by atoms with Crippen molar-refractivity contribution >= 4 is 15.9 Å². The number of hydrogen-bond acceptors (Lipinski definition) is 4. The third-order valence-corrected chi connectivity index (χ3v) is 6.60. The van der Waals surface area contributed by atoms with Crippen molar-refractivity contribution in [2.24, 2.45) is 7.05 Å². The molecule has 1 amide bonds. The number of benzene rings is 1. The highest BCUT2D eigenvalue weighted by atomic mass is 32.2. The number of aromatic nitrogens is 2. The van der Waals surface area contributed by atoms with E-state index in [9.17, 15) is 13.2 Å². The van der Waals surface area contributed by atoms with Crippen LogP contribution < -0.4 is 5.32 Å². The number of carbonyl (C=O) groups is 1. The highest BCUT2D eigenvalue weighted by Gasteiger charge is 2.19. The molecule has 7 nitrogen and oxygen atoms in total. The van der Waals surface area contributed by atoms with Gasteiger partial charge in [-0.25, -0.2) is 17.7 Å². The highest BCUT2D eigenvalue weighted by Crippen LogP contribution is 2.21. The van der Waals surface area contributed by atoms with Gasteiger partial charge in [0.1, 0.15) is 5.82 Å². The monoisotopic (exact) mass is 376 g/mol. The third-order valence-electron chi connectivity index (χ3n) is 4.77. The first kappa shape index (κ1) is 18.6. The van der Waals surface area contributed by atoms with Gasteiger partial charge in [-0.2, -0.15) is 0 Å². The average Bonchev–Trinajstić information content (AvgIpc) is 2.96. The molecule has 1 aliphatic carbocycles. The minimum atomic E-state index is -3.49. The molecule has 0 spiro atoms. The van der Waals surface area contributed by atoms with Crippen LogP contribution in [0.4, 0.5) is 0 Å². The second kappa shape index (κ2) is 7.20. The SMILES string of the molecule is CN(C)S(=O)(=O)c1ccc(C(=O)NCc2nc3c(n2C)CCCC3)cc1. The maximum atomic E-state index is 12.4. The van der Waals surface area contributed by atoms with E-state index in [0.717, 1.165) is 35.1 Å². The van der Waals surface area contributed by atoms with Crippen molar-refractivity contribution in [3.8, 4) is 0 Å². The second-order valence-electron chi connectivity index (χ2n) is 6.68. The number of amides is 1. The van der Waals surface area contributed by atoms with Crippen molar-refractivity contribution in [2.75, 3.05) is 14.1 Å². The van der Waals surface area contributed by atoms with Crippen molar-refractivity contribution in [2.45, 2.75) is 37.1 Å². The summed E-state index contributed by atoms with van der Waals surface area (Å²) in [5, 5.41) is 2.86. The van der Waals surface area contributed by atoms with E-state index in [2.05, 4.69) is 14.9 Å². The molecule has 0 atom stereocenters. The lowest BCUT2D eigenvalue weighted by atomic mass is 10.0. The van der Waals surface area contributed by atoms with Crippen LogP contribution in [0, 0.1) is 0 Å². The standard InChI is InChI=1S/C18H24N4O3S/c1-21(2)26(24,25)14-10-8-13(9-11-14)18(23)19-12-17-20-15-6-4-5-7-16(15)22(17)3/h8-11H,4-7,12H2,1-3H3,(H,19,23). The molecular weight excluding hydrogens is 352 g/mol. The first-order valence-electron chi connectivity index (χ1n) is 8.65. The number of carbonyl (C=O) groups excluding carboxylic acids is 1. The Morgan fingerprint density at radius 3 is 2.46 bits per heavy atom. The third kappa shape index (κ3) is 3.52. The fourth-order valence-corrected chi connectivity index (χ4v) is 4.05. The minimum absolute atomic E-state index is 0.163. The van der Waals surface area contributed by atoms with Crippen molar-refractivity contribution < 1.29 is 13.2 Å². The molecule has 0 fully saturated rings. The zero-order chi connectivity index (χ0) is 18.9. The molecule has 0 saturated heterocycles. The summed E-state index contributed by atoms with van der Waals surface area (Å²) in [6, 6.07) is 5.94. The molecule has 0 aliphatic heterocycles. The maximum Gasteiger partial charge on any atom is 0.251 e. The summed E-state index contributed by atoms with van der Waals surface area (Å²) < 4.78 is 27.4. The Balaban J connectivity index is 1.68. The second-order valence-corrected chi connectivity index (χ2v) is 8.83. The number of hydrogen-bond donors (Lipinski definition) is 1. The smallest absolute Gasteiger partial charge is 0.251 e. The van der Waals surface area contributed by atoms with Gasteiger partial charge >= 0.3 is 0 Å². The zero-order valence-electron chi connectivity index (χ0n) is 15.3. The molecule has 0 saturated carbocycles. The normalized spacial score (nSPS) is 14.3. The first-order chi connectivity index (χ1) is 12.3. The van der Waals surface area contributed by atoms with Crippen LogP contribution in [-0.2, 0) is 36.5 Å². The first-order valence-corrected chi connectivity index (χ1v) is 10.1. The van der Waals surface area contributed by atoms with Crippen LogP contribution in [0.5, 0.6) is 0 Å². The van der Waals surface area contributed by atoms with Gasteiger partial charge in [0.2, 0.25) is 10.0 Å². The Morgan fingerprint density at radius 2 is 1.85 bits per heavy atom. The Kier molecular flexibility index (Phi) is 5.15. The molecule has 26 heavy (non-hydrogen) atoms. The molecule has 2 aromatic rings. The number of rotatable bonds is 5. The van der Waals surface area contributed by atoms with Gasteiger partial charge in [-0.15, -0.1) is 0 Å². The molecule has 1 aromatic carbocycles. The number of sulfonamides is 1. The Hall–Kier alpha value is -2.19. The summed E-state index contributed by atoms with van der Waals surface area (Å²) in [6.07, 6.45) is 4.38. The van der Waals surface area contributed by atoms with Crippen molar-refractivity contribution in [1.82, 2.24) is 19.2 Å². The zero-order valence-corrected chi connectivity index (χ0v) is 16.1. The summed E-state index contributed by atoms with van der Waals surface area (Å²) in [4.78, 5) is 17.2. The fraction of sp³-hybridized carbons (Fsp3) is 0.444. The minimum Gasteiger partial charge on any atom is -0.345 e. The molecule has 1 aromatic heterocycles. The molecule has 0 unspecified atom stereocenters. The van der Waals surface area contributed by atoms with Crippen LogP contribution in [-0.4, -0.2) is 42.3 Å². The molecule has 0 bridgehead atoms. The predicted molar refractivity (Wildman–Crippen MR) is 98.3 cm³/mol. The van der Waals surface area contributed by atoms with Crippen LogP contribution in [0.1, 0.15) is 40.4 Å². The van der Waals surface area contributed by atoms with E-state index >= 15 is 0 Å². The Bertz CT molecular complexity index is 915. The summed E-state index contributed by atoms with van der Waals surface area (Å²) >= 11 is 0. The molecular formula is C18H24N4O3S. The lowest BCUT2D eigenvalue weighted by Crippen LogP contribution is -2.25. The van der Waals surface area contributed by atoms with Crippen LogP contribution in [0.15, 0.2) is 29.2 Å². The van der Waals surface area contributed by atoms with E-state index in [1.54, 1.807) is 0 Å². The quantitative estimate of drug-likeness (QED) is 0.857. The largest absolute Gasteiger partial charge is 0.345 e. The maximum absolute atomic E-state index is 12.4. The summed E-state index contributed by atoms with van der Waals surface area (Å²) in [6.45, 7) is 0.347. The predicted octanol–water partition coefficient (Wildman–Crippen LogP) is 1.48. The van der Waals surface area contributed by atoms with Crippen LogP contribution >= 0.6 is 0 Å². The van der Waals surface area contributed by atoms with E-state index in [1.807, 2.05) is 7.05 Å². The van der Waals surface area contributed by atoms with Crippen LogP contribution in [0.25, 0.3) is 0 Å². The summed E-state index contributed by atoms with van der Waals surface area (Å²) in [7, 11) is 1.44. The topological polar surface area (TPSA) is 84.3 Å². The van der Waals surface area contributed by atoms with Crippen molar-refractivity contribution in [1.29, 1.82) is 0 Å². The van der Waals surface area contributed by atoms with Crippen molar-refractivity contribution in [3.05, 3.63) is 47.0 Å². The summed E-state index contributed by atoms with van der Waals surface area (Å²) in [5.74, 6) is 0.594. The van der Waals surface area contributed by atoms with Gasteiger partial charge in [0.05, 0.1) is 17.1 Å². The number of nitrogens with one attached hydrogen (secondary N) is 1. The molecule has 8 heteroatoms. The summed E-state index contributed by atoms with van der Waals surface area (Å²) in [5.41, 5.74) is 2.82. The number of imidazole rings is 1. The van der Waals surface area contributed by atoms with E-state index in [1.165, 1.54) is 50.5 Å². The van der Waals surface area contributed by atoms with Gasteiger partial charge in [-0.1, -0.05) is 0 Å². The average molecular weight is 376 g/mol. The Morgan fingerprint density at radius 1 is 1.19 bits per heavy atom. The lowest BCUT2D eigenvalue weighted by Gasteiger charge is -2.12. The van der Waals surface area contributed by atoms with Gasteiger partial charge < -0.3 is 9.88 Å². The Labute approximate surface area is 154 Å². The van der Waals surface area contributed by atoms with E-state index in [-0.39, 0.29) is 10.8 Å². The molecule has 1 aliphatic rings. The van der Waals surface area contributed by atoms with Crippen LogP contribution in [0.2, 0.25) is 0 Å². The van der Waals surface area contributed by atoms with E-state index < -0.39 is 10.0 Å². The van der Waals surface area contributed by atoms with Gasteiger partial charge in [0.25, 0.3) is 5.91 Å². The number of fused-ring (bicyclic) bond motifs is 1. The van der Waals surface area contributed by atoms with Gasteiger partial charge in [-0.05, 0) is 49.9 Å². The van der Waals surface area contributed by atoms with E-state index in [4.69, 9.17) is 0 Å². The van der Waals surface area contributed by atoms with Gasteiger partial charge in [-0.3, -0.25) is 4.79 Å². The number of aryl methyl sites for hydroxylation is 1. The van der Waals surface area contributed by atoms with Crippen molar-refractivity contribution in [3.63, 3.8) is 0 Å². The highest BCUT2D eigenvalue weighted by molar-refractivity contribution is 7.89. The van der Waals surface area contributed by atoms with E-state index in [0.29, 0.717) is 12.1 Å². The number of nitrogens with zero attached hydrogens (tertiary/aromatic N) is 3. The van der Waals surface area contributed by atoms with Crippen LogP contribution in [0.3, 0.4) is 0 Å². The van der Waals surface area contributed by atoms with Gasteiger partial charge in [0.15, 0.2) is 0 Å². The fourth-order valence-electron chi connectivity index (χ4n) is 3.15. The molecule has 140 valence electrons. The molecule has 1 N–H and O–H groups in total. The lowest BCUT2D eigenvalue weighted by molar-refractivity contribution is 0.0949. The molecule has 3 rings (SSSR count).